The summed E-state index contributed by atoms with van der Waals surface area (Å²) in [4.78, 5) is 2.47. The van der Waals surface area contributed by atoms with Gasteiger partial charge in [0.25, 0.3) is 0 Å². The largest absolute Gasteiger partial charge is 0.399 e. The van der Waals surface area contributed by atoms with Crippen LogP contribution in [0.1, 0.15) is 31.9 Å². The van der Waals surface area contributed by atoms with Crippen LogP contribution in [0.2, 0.25) is 0 Å². The van der Waals surface area contributed by atoms with Crippen molar-refractivity contribution in [3.8, 4) is 0 Å². The van der Waals surface area contributed by atoms with E-state index in [1.54, 1.807) is 0 Å². The zero-order valence-corrected chi connectivity index (χ0v) is 10.1. The van der Waals surface area contributed by atoms with Crippen LogP contribution in [-0.4, -0.2) is 23.5 Å². The molecule has 0 radical (unpaired) electrons. The van der Waals surface area contributed by atoms with Crippen LogP contribution in [-0.2, 0) is 0 Å². The van der Waals surface area contributed by atoms with E-state index in [2.05, 4.69) is 30.9 Å². The second kappa shape index (κ2) is 4.44. The van der Waals surface area contributed by atoms with Gasteiger partial charge in [-0.05, 0) is 38.0 Å². The summed E-state index contributed by atoms with van der Waals surface area (Å²) in [5.74, 6) is 0. The van der Waals surface area contributed by atoms with Crippen LogP contribution in [0.15, 0.2) is 24.3 Å². The van der Waals surface area contributed by atoms with E-state index in [-0.39, 0.29) is 6.04 Å². The Hall–Kier alpha value is -1.06. The first-order chi connectivity index (χ1) is 7.59. The van der Waals surface area contributed by atoms with Crippen molar-refractivity contribution in [2.75, 3.05) is 12.3 Å². The molecular weight excluding hydrogens is 198 g/mol. The Bertz CT molecular complexity index is 345. The fraction of sp³-hybridized carbons (Fsp3) is 0.538. The molecular formula is C13H21N3. The van der Waals surface area contributed by atoms with E-state index < -0.39 is 0 Å². The first-order valence-corrected chi connectivity index (χ1v) is 5.96. The van der Waals surface area contributed by atoms with Gasteiger partial charge in [-0.15, -0.1) is 0 Å². The molecule has 2 atom stereocenters. The number of nitrogen functional groups attached to an aromatic ring is 1. The Balaban J connectivity index is 2.26. The lowest BCUT2D eigenvalue weighted by Gasteiger charge is -2.30. The number of anilines is 1. The fourth-order valence-electron chi connectivity index (χ4n) is 2.55. The molecule has 16 heavy (non-hydrogen) atoms. The predicted octanol–water partition coefficient (Wildman–Crippen LogP) is 1.75. The van der Waals surface area contributed by atoms with Gasteiger partial charge >= 0.3 is 0 Å². The topological polar surface area (TPSA) is 55.3 Å². The summed E-state index contributed by atoms with van der Waals surface area (Å²) in [5, 5.41) is 0. The molecule has 4 N–H and O–H groups in total. The smallest absolute Gasteiger partial charge is 0.0502 e. The second-order valence-electron chi connectivity index (χ2n) is 4.90. The predicted molar refractivity (Wildman–Crippen MR) is 68.0 cm³/mol. The molecule has 2 rings (SSSR count). The summed E-state index contributed by atoms with van der Waals surface area (Å²) in [5.41, 5.74) is 14.0. The van der Waals surface area contributed by atoms with Gasteiger partial charge < -0.3 is 11.5 Å². The van der Waals surface area contributed by atoms with Gasteiger partial charge in [0.2, 0.25) is 0 Å². The maximum absolute atomic E-state index is 6.20. The zero-order valence-electron chi connectivity index (χ0n) is 10.1. The van der Waals surface area contributed by atoms with Crippen molar-refractivity contribution in [3.63, 3.8) is 0 Å². The third kappa shape index (κ3) is 2.06. The highest BCUT2D eigenvalue weighted by Gasteiger charge is 2.33. The van der Waals surface area contributed by atoms with Gasteiger partial charge in [0.05, 0.1) is 6.04 Å². The number of hydrogen-bond acceptors (Lipinski definition) is 3. The van der Waals surface area contributed by atoms with Gasteiger partial charge in [-0.25, -0.2) is 0 Å². The molecule has 1 aromatic carbocycles. The van der Waals surface area contributed by atoms with E-state index >= 15 is 0 Å². The average molecular weight is 219 g/mol. The first-order valence-electron chi connectivity index (χ1n) is 5.96. The standard InChI is InChI=1S/C13H21N3/c1-9(2)16-8-7-12(15)13(16)10-3-5-11(14)6-4-10/h3-6,9,12-13H,7-8,14-15H2,1-2H3/t12-,13+/m1/s1. The van der Waals surface area contributed by atoms with Crippen molar-refractivity contribution >= 4 is 5.69 Å². The molecule has 1 aromatic rings. The van der Waals surface area contributed by atoms with Gasteiger partial charge in [-0.2, -0.15) is 0 Å². The van der Waals surface area contributed by atoms with Crippen molar-refractivity contribution in [2.45, 2.75) is 38.4 Å². The molecule has 1 saturated heterocycles. The summed E-state index contributed by atoms with van der Waals surface area (Å²) in [6, 6.07) is 9.24. The Kier molecular flexibility index (Phi) is 3.17. The lowest BCUT2D eigenvalue weighted by molar-refractivity contribution is 0.198. The van der Waals surface area contributed by atoms with Crippen molar-refractivity contribution in [2.24, 2.45) is 5.73 Å². The maximum Gasteiger partial charge on any atom is 0.0502 e. The molecule has 1 aliphatic rings. The summed E-state index contributed by atoms with van der Waals surface area (Å²) in [7, 11) is 0. The SMILES string of the molecule is CC(C)N1CC[C@@H](N)[C@@H]1c1ccc(N)cc1. The molecule has 1 aliphatic heterocycles. The van der Waals surface area contributed by atoms with Gasteiger partial charge in [0.1, 0.15) is 0 Å². The molecule has 3 nitrogen and oxygen atoms in total. The average Bonchev–Trinajstić information content (AvgIpc) is 2.62. The van der Waals surface area contributed by atoms with Crippen LogP contribution in [0, 0.1) is 0 Å². The highest BCUT2D eigenvalue weighted by atomic mass is 15.2. The third-order valence-electron chi connectivity index (χ3n) is 3.42. The van der Waals surface area contributed by atoms with Crippen LogP contribution in [0.25, 0.3) is 0 Å². The lowest BCUT2D eigenvalue weighted by Crippen LogP contribution is -2.35. The highest BCUT2D eigenvalue weighted by Crippen LogP contribution is 2.32. The Labute approximate surface area is 97.4 Å². The van der Waals surface area contributed by atoms with E-state index in [0.29, 0.717) is 12.1 Å². The number of nitrogens with two attached hydrogens (primary N) is 2. The molecule has 0 amide bonds. The molecule has 1 fully saturated rings. The Morgan fingerprint density at radius 2 is 1.88 bits per heavy atom. The number of rotatable bonds is 2. The van der Waals surface area contributed by atoms with Gasteiger partial charge in [-0.3, -0.25) is 4.90 Å². The van der Waals surface area contributed by atoms with Crippen molar-refractivity contribution < 1.29 is 0 Å². The van der Waals surface area contributed by atoms with E-state index in [0.717, 1.165) is 18.7 Å². The summed E-state index contributed by atoms with van der Waals surface area (Å²) in [6.45, 7) is 5.54. The van der Waals surface area contributed by atoms with Crippen LogP contribution >= 0.6 is 0 Å². The van der Waals surface area contributed by atoms with Crippen molar-refractivity contribution in [1.82, 2.24) is 4.90 Å². The summed E-state index contributed by atoms with van der Waals surface area (Å²) >= 11 is 0. The summed E-state index contributed by atoms with van der Waals surface area (Å²) < 4.78 is 0. The number of benzene rings is 1. The number of nitrogens with zero attached hydrogens (tertiary/aromatic N) is 1. The normalized spacial score (nSPS) is 26.5. The highest BCUT2D eigenvalue weighted by molar-refractivity contribution is 5.40. The Morgan fingerprint density at radius 1 is 1.25 bits per heavy atom. The zero-order chi connectivity index (χ0) is 11.7. The number of likely N-dealkylation sites (tertiary alicyclic amines) is 1. The molecule has 0 unspecified atom stereocenters. The lowest BCUT2D eigenvalue weighted by atomic mass is 10.00. The van der Waals surface area contributed by atoms with E-state index in [1.807, 2.05) is 12.1 Å². The maximum atomic E-state index is 6.20. The molecule has 0 saturated carbocycles. The first kappa shape index (κ1) is 11.4. The van der Waals surface area contributed by atoms with Gasteiger partial charge in [-0.1, -0.05) is 12.1 Å². The fourth-order valence-corrected chi connectivity index (χ4v) is 2.55. The van der Waals surface area contributed by atoms with E-state index in [1.165, 1.54) is 5.56 Å². The monoisotopic (exact) mass is 219 g/mol. The van der Waals surface area contributed by atoms with Crippen LogP contribution in [0.4, 0.5) is 5.69 Å². The van der Waals surface area contributed by atoms with E-state index in [4.69, 9.17) is 11.5 Å². The van der Waals surface area contributed by atoms with Gasteiger partial charge in [0.15, 0.2) is 0 Å². The van der Waals surface area contributed by atoms with Gasteiger partial charge in [0, 0.05) is 24.3 Å². The van der Waals surface area contributed by atoms with Crippen LogP contribution in [0.5, 0.6) is 0 Å². The minimum Gasteiger partial charge on any atom is -0.399 e. The van der Waals surface area contributed by atoms with Crippen LogP contribution in [0.3, 0.4) is 0 Å². The molecule has 88 valence electrons. The third-order valence-corrected chi connectivity index (χ3v) is 3.42. The molecule has 1 heterocycles. The summed E-state index contributed by atoms with van der Waals surface area (Å²) in [6.07, 6.45) is 1.08. The molecule has 3 heteroatoms. The molecule has 0 bridgehead atoms. The van der Waals surface area contributed by atoms with E-state index in [9.17, 15) is 0 Å². The minimum absolute atomic E-state index is 0.242. The molecule has 0 aromatic heterocycles. The molecule has 0 aliphatic carbocycles. The van der Waals surface area contributed by atoms with Crippen LogP contribution < -0.4 is 11.5 Å². The Morgan fingerprint density at radius 3 is 2.44 bits per heavy atom. The second-order valence-corrected chi connectivity index (χ2v) is 4.90. The van der Waals surface area contributed by atoms with Crippen molar-refractivity contribution in [3.05, 3.63) is 29.8 Å². The minimum atomic E-state index is 0.242. The van der Waals surface area contributed by atoms with Crippen molar-refractivity contribution in [1.29, 1.82) is 0 Å². The molecule has 0 spiro atoms. The quantitative estimate of drug-likeness (QED) is 0.745. The number of hydrogen-bond donors (Lipinski definition) is 2.